The molecule has 1 aromatic carbocycles. The zero-order chi connectivity index (χ0) is 24.2. The maximum Gasteiger partial charge on any atom is 0.245 e. The van der Waals surface area contributed by atoms with Gasteiger partial charge in [0.05, 0.1) is 19.3 Å². The third-order valence-corrected chi connectivity index (χ3v) is 5.99. The van der Waals surface area contributed by atoms with E-state index in [9.17, 15) is 19.5 Å². The zero-order valence-corrected chi connectivity index (χ0v) is 19.7. The van der Waals surface area contributed by atoms with Crippen LogP contribution in [-0.4, -0.2) is 72.2 Å². The average molecular weight is 463 g/mol. The summed E-state index contributed by atoms with van der Waals surface area (Å²) in [5.74, 6) is -0.955. The Morgan fingerprint density at radius 1 is 1.21 bits per heavy atom. The maximum absolute atomic E-state index is 13.1. The van der Waals surface area contributed by atoms with Crippen molar-refractivity contribution in [1.82, 2.24) is 15.5 Å². The number of benzene rings is 1. The standard InChI is InChI=1S/C24H38N4O5/c1-3-18(4-2)24(32)28-12-8-11-21(28)23(31)27-20(22(30)26-14-19(29)13-25)16-33-15-17-9-6-5-7-10-17/h5-7,9-10,18-21,29H,3-4,8,11-16,25H2,1-2H3,(H,26,30)(H,27,31)/t19?,20-,21?/m1/s1. The zero-order valence-electron chi connectivity index (χ0n) is 19.7. The second-order valence-electron chi connectivity index (χ2n) is 8.40. The van der Waals surface area contributed by atoms with E-state index in [0.29, 0.717) is 13.0 Å². The Labute approximate surface area is 196 Å². The molecule has 2 rings (SSSR count). The summed E-state index contributed by atoms with van der Waals surface area (Å²) in [5.41, 5.74) is 6.34. The lowest BCUT2D eigenvalue weighted by Crippen LogP contribution is -2.56. The lowest BCUT2D eigenvalue weighted by molar-refractivity contribution is -0.142. The van der Waals surface area contributed by atoms with Crippen LogP contribution < -0.4 is 16.4 Å². The molecular formula is C24H38N4O5. The van der Waals surface area contributed by atoms with Gasteiger partial charge in [-0.25, -0.2) is 0 Å². The van der Waals surface area contributed by atoms with E-state index in [2.05, 4.69) is 10.6 Å². The molecule has 9 nitrogen and oxygen atoms in total. The van der Waals surface area contributed by atoms with E-state index >= 15 is 0 Å². The number of carbonyl (C=O) groups excluding carboxylic acids is 3. The lowest BCUT2D eigenvalue weighted by atomic mass is 10.0. The fraction of sp³-hybridized carbons (Fsp3) is 0.625. The smallest absolute Gasteiger partial charge is 0.245 e. The fourth-order valence-corrected chi connectivity index (χ4v) is 3.92. The van der Waals surface area contributed by atoms with Crippen LogP contribution in [0.5, 0.6) is 0 Å². The number of hydrogen-bond donors (Lipinski definition) is 4. The molecule has 0 radical (unpaired) electrons. The molecule has 9 heteroatoms. The summed E-state index contributed by atoms with van der Waals surface area (Å²) in [6, 6.07) is 7.94. The van der Waals surface area contributed by atoms with Crippen LogP contribution in [0.3, 0.4) is 0 Å². The van der Waals surface area contributed by atoms with Crippen molar-refractivity contribution in [1.29, 1.82) is 0 Å². The van der Waals surface area contributed by atoms with Gasteiger partial charge in [0.1, 0.15) is 12.1 Å². The van der Waals surface area contributed by atoms with Gasteiger partial charge < -0.3 is 31.1 Å². The molecule has 2 unspecified atom stereocenters. The molecule has 1 heterocycles. The predicted molar refractivity (Wildman–Crippen MR) is 125 cm³/mol. The molecule has 1 fully saturated rings. The normalized spacial score (nSPS) is 17.6. The third-order valence-electron chi connectivity index (χ3n) is 5.99. The highest BCUT2D eigenvalue weighted by Crippen LogP contribution is 2.22. The van der Waals surface area contributed by atoms with Crippen molar-refractivity contribution >= 4 is 17.7 Å². The minimum absolute atomic E-state index is 0.00922. The minimum atomic E-state index is -0.961. The maximum atomic E-state index is 13.1. The highest BCUT2D eigenvalue weighted by atomic mass is 16.5. The molecule has 0 aromatic heterocycles. The number of aliphatic hydroxyl groups is 1. The summed E-state index contributed by atoms with van der Waals surface area (Å²) < 4.78 is 5.70. The van der Waals surface area contributed by atoms with Crippen LogP contribution in [-0.2, 0) is 25.7 Å². The van der Waals surface area contributed by atoms with Crippen molar-refractivity contribution in [2.24, 2.45) is 11.7 Å². The van der Waals surface area contributed by atoms with Crippen LogP contribution >= 0.6 is 0 Å². The SMILES string of the molecule is CCC(CC)C(=O)N1CCCC1C(=O)N[C@H](COCc1ccccc1)C(=O)NCC(O)CN. The second-order valence-corrected chi connectivity index (χ2v) is 8.40. The molecule has 0 saturated carbocycles. The van der Waals surface area contributed by atoms with E-state index in [4.69, 9.17) is 10.5 Å². The van der Waals surface area contributed by atoms with Gasteiger partial charge in [-0.1, -0.05) is 44.2 Å². The molecule has 1 aliphatic heterocycles. The van der Waals surface area contributed by atoms with E-state index in [-0.39, 0.29) is 44.0 Å². The number of hydrogen-bond acceptors (Lipinski definition) is 6. The van der Waals surface area contributed by atoms with Crippen molar-refractivity contribution in [2.45, 2.75) is 64.3 Å². The first-order valence-electron chi connectivity index (χ1n) is 11.8. The van der Waals surface area contributed by atoms with Crippen molar-refractivity contribution in [2.75, 3.05) is 26.2 Å². The highest BCUT2D eigenvalue weighted by Gasteiger charge is 2.37. The first-order chi connectivity index (χ1) is 15.9. The average Bonchev–Trinajstić information content (AvgIpc) is 3.33. The molecule has 1 aromatic rings. The van der Waals surface area contributed by atoms with E-state index in [0.717, 1.165) is 24.8 Å². The van der Waals surface area contributed by atoms with Gasteiger partial charge in [-0.15, -0.1) is 0 Å². The van der Waals surface area contributed by atoms with E-state index in [1.807, 2.05) is 44.2 Å². The van der Waals surface area contributed by atoms with Gasteiger partial charge in [-0.3, -0.25) is 14.4 Å². The molecule has 5 N–H and O–H groups in total. The Balaban J connectivity index is 2.03. The second kappa shape index (κ2) is 13.9. The van der Waals surface area contributed by atoms with Crippen LogP contribution in [0.25, 0.3) is 0 Å². The van der Waals surface area contributed by atoms with Gasteiger partial charge in [0.2, 0.25) is 17.7 Å². The number of likely N-dealkylation sites (tertiary alicyclic amines) is 1. The van der Waals surface area contributed by atoms with E-state index < -0.39 is 24.1 Å². The molecule has 0 spiro atoms. The van der Waals surface area contributed by atoms with Crippen LogP contribution in [0.4, 0.5) is 0 Å². The van der Waals surface area contributed by atoms with Gasteiger partial charge >= 0.3 is 0 Å². The number of carbonyl (C=O) groups is 3. The number of amides is 3. The monoisotopic (exact) mass is 462 g/mol. The van der Waals surface area contributed by atoms with Crippen LogP contribution in [0.2, 0.25) is 0 Å². The quantitative estimate of drug-likeness (QED) is 0.338. The molecule has 3 atom stereocenters. The first kappa shape index (κ1) is 26.8. The largest absolute Gasteiger partial charge is 0.390 e. The van der Waals surface area contributed by atoms with Gasteiger partial charge in [0.15, 0.2) is 0 Å². The Bertz CT molecular complexity index is 756. The third kappa shape index (κ3) is 8.10. The fourth-order valence-electron chi connectivity index (χ4n) is 3.92. The number of ether oxygens (including phenoxy) is 1. The summed E-state index contributed by atoms with van der Waals surface area (Å²) >= 11 is 0. The van der Waals surface area contributed by atoms with Crippen LogP contribution in [0, 0.1) is 5.92 Å². The number of nitrogens with zero attached hydrogens (tertiary/aromatic N) is 1. The van der Waals surface area contributed by atoms with Crippen LogP contribution in [0.1, 0.15) is 45.1 Å². The number of aliphatic hydroxyl groups excluding tert-OH is 1. The summed E-state index contributed by atoms with van der Waals surface area (Å²) in [5, 5.41) is 15.0. The molecule has 33 heavy (non-hydrogen) atoms. The number of nitrogens with two attached hydrogens (primary N) is 1. The summed E-state index contributed by atoms with van der Waals surface area (Å²) in [6.45, 7) is 4.71. The van der Waals surface area contributed by atoms with E-state index in [1.165, 1.54) is 0 Å². The molecule has 184 valence electrons. The molecule has 1 aliphatic rings. The first-order valence-corrected chi connectivity index (χ1v) is 11.8. The molecule has 3 amide bonds. The summed E-state index contributed by atoms with van der Waals surface area (Å²) in [7, 11) is 0. The Kier molecular flexibility index (Phi) is 11.3. The van der Waals surface area contributed by atoms with Crippen molar-refractivity contribution in [3.05, 3.63) is 35.9 Å². The van der Waals surface area contributed by atoms with Gasteiger partial charge in [0, 0.05) is 25.6 Å². The number of nitrogens with one attached hydrogen (secondary N) is 2. The Morgan fingerprint density at radius 3 is 2.55 bits per heavy atom. The van der Waals surface area contributed by atoms with Crippen LogP contribution in [0.15, 0.2) is 30.3 Å². The van der Waals surface area contributed by atoms with Gasteiger partial charge in [-0.2, -0.15) is 0 Å². The van der Waals surface area contributed by atoms with Gasteiger partial charge in [0.25, 0.3) is 0 Å². The van der Waals surface area contributed by atoms with E-state index in [1.54, 1.807) is 4.90 Å². The minimum Gasteiger partial charge on any atom is -0.390 e. The molecule has 0 bridgehead atoms. The highest BCUT2D eigenvalue weighted by molar-refractivity contribution is 5.92. The Morgan fingerprint density at radius 2 is 1.91 bits per heavy atom. The molecule has 0 aliphatic carbocycles. The summed E-state index contributed by atoms with van der Waals surface area (Å²) in [4.78, 5) is 40.4. The summed E-state index contributed by atoms with van der Waals surface area (Å²) in [6.07, 6.45) is 1.87. The molecular weight excluding hydrogens is 424 g/mol. The Hall–Kier alpha value is -2.49. The van der Waals surface area contributed by atoms with Crippen molar-refractivity contribution in [3.63, 3.8) is 0 Å². The van der Waals surface area contributed by atoms with Crippen molar-refractivity contribution in [3.8, 4) is 0 Å². The lowest BCUT2D eigenvalue weighted by Gasteiger charge is -2.29. The molecule has 1 saturated heterocycles. The number of rotatable bonds is 13. The topological polar surface area (TPSA) is 134 Å². The predicted octanol–water partition coefficient (Wildman–Crippen LogP) is 0.551. The van der Waals surface area contributed by atoms with Crippen molar-refractivity contribution < 1.29 is 24.2 Å². The van der Waals surface area contributed by atoms with Gasteiger partial charge in [-0.05, 0) is 31.2 Å².